The number of carbonyl (C=O) groups excluding carboxylic acids is 3. The van der Waals surface area contributed by atoms with Crippen molar-refractivity contribution in [3.63, 3.8) is 0 Å². The largest absolute Gasteiger partial charge is 0.337 e. The van der Waals surface area contributed by atoms with Gasteiger partial charge in [-0.3, -0.25) is 14.5 Å². The van der Waals surface area contributed by atoms with Crippen LogP contribution in [0.25, 0.3) is 6.08 Å². The Morgan fingerprint density at radius 1 is 0.977 bits per heavy atom. The predicted octanol–water partition coefficient (Wildman–Crippen LogP) is 3.12. The number of nitrogens with zero attached hydrogens (tertiary/aromatic N) is 4. The highest BCUT2D eigenvalue weighted by atomic mass is 35.5. The first-order valence-electron chi connectivity index (χ1n) is 14.5. The highest BCUT2D eigenvalue weighted by molar-refractivity contribution is 7.92. The van der Waals surface area contributed by atoms with E-state index in [1.165, 1.54) is 22.3 Å². The molecule has 3 aliphatic rings. The summed E-state index contributed by atoms with van der Waals surface area (Å²) in [5, 5.41) is 3.97. The SMILES string of the molecule is O=C(Nc1ccccc1)N1CCN(C[C@@H]2CCCN2C(=O)CN2CCC[C@H](NS(=O)(=O)/C=C/c3ccc(Cl)s3)C2=O)CC1. The molecule has 43 heavy (non-hydrogen) atoms. The lowest BCUT2D eigenvalue weighted by atomic mass is 10.1. The number of hydrogen-bond donors (Lipinski definition) is 2. The number of rotatable bonds is 9. The van der Waals surface area contributed by atoms with Crippen molar-refractivity contribution in [2.75, 3.05) is 57.7 Å². The van der Waals surface area contributed by atoms with Crippen molar-refractivity contribution in [3.05, 3.63) is 57.1 Å². The zero-order valence-corrected chi connectivity index (χ0v) is 26.2. The topological polar surface area (TPSA) is 122 Å². The Bertz CT molecular complexity index is 1430. The summed E-state index contributed by atoms with van der Waals surface area (Å²) >= 11 is 7.16. The number of para-hydroxylation sites is 1. The number of likely N-dealkylation sites (tertiary alicyclic amines) is 2. The number of benzene rings is 1. The number of thiophene rings is 1. The van der Waals surface area contributed by atoms with E-state index < -0.39 is 16.1 Å². The molecule has 11 nitrogen and oxygen atoms in total. The third-order valence-electron chi connectivity index (χ3n) is 8.02. The maximum absolute atomic E-state index is 13.4. The Hall–Kier alpha value is -2.97. The number of carbonyl (C=O) groups is 3. The fourth-order valence-corrected chi connectivity index (χ4v) is 7.85. The van der Waals surface area contributed by atoms with Gasteiger partial charge in [-0.05, 0) is 56.0 Å². The van der Waals surface area contributed by atoms with Gasteiger partial charge in [-0.15, -0.1) is 11.3 Å². The molecule has 0 spiro atoms. The maximum Gasteiger partial charge on any atom is 0.321 e. The van der Waals surface area contributed by atoms with Crippen molar-refractivity contribution >= 4 is 62.6 Å². The lowest BCUT2D eigenvalue weighted by Crippen LogP contribution is -2.56. The van der Waals surface area contributed by atoms with Gasteiger partial charge in [-0.25, -0.2) is 13.2 Å². The molecule has 0 saturated carbocycles. The molecule has 0 radical (unpaired) electrons. The van der Waals surface area contributed by atoms with Gasteiger partial charge in [-0.2, -0.15) is 4.72 Å². The van der Waals surface area contributed by atoms with E-state index in [0.717, 1.165) is 43.6 Å². The lowest BCUT2D eigenvalue weighted by molar-refractivity contribution is -0.143. The smallest absolute Gasteiger partial charge is 0.321 e. The van der Waals surface area contributed by atoms with E-state index in [1.807, 2.05) is 35.2 Å². The number of halogens is 1. The molecule has 3 aliphatic heterocycles. The van der Waals surface area contributed by atoms with E-state index in [9.17, 15) is 22.8 Å². The van der Waals surface area contributed by atoms with Crippen LogP contribution < -0.4 is 10.0 Å². The lowest BCUT2D eigenvalue weighted by Gasteiger charge is -2.38. The average Bonchev–Trinajstić information content (AvgIpc) is 3.63. The first-order valence-corrected chi connectivity index (χ1v) is 17.3. The van der Waals surface area contributed by atoms with E-state index in [-0.39, 0.29) is 30.4 Å². The fraction of sp³-hybridized carbons (Fsp3) is 0.483. The van der Waals surface area contributed by atoms with Crippen LogP contribution in [0.3, 0.4) is 0 Å². The molecule has 1 aromatic heterocycles. The molecule has 14 heteroatoms. The normalized spacial score (nSPS) is 22.0. The number of sulfonamides is 1. The number of hydrogen-bond acceptors (Lipinski definition) is 7. The minimum absolute atomic E-state index is 0.0438. The summed E-state index contributed by atoms with van der Waals surface area (Å²) in [6.45, 7) is 4.37. The summed E-state index contributed by atoms with van der Waals surface area (Å²) < 4.78 is 28.3. The Labute approximate surface area is 261 Å². The molecule has 3 fully saturated rings. The highest BCUT2D eigenvalue weighted by Crippen LogP contribution is 2.23. The van der Waals surface area contributed by atoms with E-state index >= 15 is 0 Å². The van der Waals surface area contributed by atoms with Gasteiger partial charge in [0.05, 0.1) is 10.9 Å². The van der Waals surface area contributed by atoms with Crippen molar-refractivity contribution < 1.29 is 22.8 Å². The molecule has 4 heterocycles. The van der Waals surface area contributed by atoms with Gasteiger partial charge >= 0.3 is 6.03 Å². The number of urea groups is 1. The molecule has 5 rings (SSSR count). The molecule has 2 aromatic rings. The van der Waals surface area contributed by atoms with Crippen LogP contribution in [0, 0.1) is 0 Å². The van der Waals surface area contributed by atoms with Crippen LogP contribution in [-0.4, -0.2) is 110 Å². The quantitative estimate of drug-likeness (QED) is 0.431. The molecule has 0 unspecified atom stereocenters. The molecule has 0 bridgehead atoms. The van der Waals surface area contributed by atoms with Crippen molar-refractivity contribution in [3.8, 4) is 0 Å². The first-order chi connectivity index (χ1) is 20.7. The fourth-order valence-electron chi connectivity index (χ4n) is 5.78. The molecule has 2 atom stereocenters. The summed E-state index contributed by atoms with van der Waals surface area (Å²) in [5.74, 6) is -0.494. The van der Waals surface area contributed by atoms with E-state index in [2.05, 4.69) is 14.9 Å². The monoisotopic (exact) mass is 648 g/mol. The Morgan fingerprint density at radius 2 is 1.72 bits per heavy atom. The molecule has 1 aromatic carbocycles. The third-order valence-corrected chi connectivity index (χ3v) is 10.3. The number of amides is 4. The van der Waals surface area contributed by atoms with Crippen molar-refractivity contribution in [2.24, 2.45) is 0 Å². The van der Waals surface area contributed by atoms with Gasteiger partial charge in [0.1, 0.15) is 6.04 Å². The van der Waals surface area contributed by atoms with Crippen molar-refractivity contribution in [2.45, 2.75) is 37.8 Å². The average molecular weight is 649 g/mol. The van der Waals surface area contributed by atoms with Gasteiger partial charge < -0.3 is 20.0 Å². The van der Waals surface area contributed by atoms with Gasteiger partial charge in [0.25, 0.3) is 0 Å². The highest BCUT2D eigenvalue weighted by Gasteiger charge is 2.36. The van der Waals surface area contributed by atoms with Crippen LogP contribution in [0.2, 0.25) is 4.34 Å². The second kappa shape index (κ2) is 14.2. The van der Waals surface area contributed by atoms with Gasteiger partial charge in [0.2, 0.25) is 21.8 Å². The summed E-state index contributed by atoms with van der Waals surface area (Å²) in [5.41, 5.74) is 0.766. The van der Waals surface area contributed by atoms with Crippen LogP contribution in [0.4, 0.5) is 10.5 Å². The molecule has 232 valence electrons. The van der Waals surface area contributed by atoms with E-state index in [4.69, 9.17) is 11.6 Å². The van der Waals surface area contributed by atoms with Crippen molar-refractivity contribution in [1.82, 2.24) is 24.3 Å². The van der Waals surface area contributed by atoms with Crippen molar-refractivity contribution in [1.29, 1.82) is 0 Å². The second-order valence-electron chi connectivity index (χ2n) is 11.0. The first kappa shape index (κ1) is 31.5. The number of piperidine rings is 1. The molecular weight excluding hydrogens is 612 g/mol. The van der Waals surface area contributed by atoms with Crippen LogP contribution in [-0.2, 0) is 19.6 Å². The van der Waals surface area contributed by atoms with Crippen LogP contribution in [0.15, 0.2) is 47.9 Å². The summed E-state index contributed by atoms with van der Waals surface area (Å²) in [7, 11) is -3.86. The number of nitrogens with one attached hydrogen (secondary N) is 2. The minimum Gasteiger partial charge on any atom is -0.337 e. The van der Waals surface area contributed by atoms with E-state index in [1.54, 1.807) is 17.0 Å². The standard InChI is InChI=1S/C29H37ClN6O5S2/c30-26-11-10-24(42-26)12-19-43(40,41)32-25-9-5-13-35(28(25)38)21-27(37)36-14-4-8-23(36)20-33-15-17-34(18-16-33)29(39)31-22-6-2-1-3-7-22/h1-3,6-7,10-12,19,23,25,32H,4-5,8-9,13-18,20-21H2,(H,31,39)/b19-12+/t23-,25-/m0/s1. The maximum atomic E-state index is 13.4. The zero-order chi connectivity index (χ0) is 30.4. The van der Waals surface area contributed by atoms with Gasteiger partial charge in [0.15, 0.2) is 0 Å². The molecule has 4 amide bonds. The summed E-state index contributed by atoms with van der Waals surface area (Å²) in [6.07, 6.45) is 4.21. The molecule has 0 aliphatic carbocycles. The number of anilines is 1. The molecular formula is C29H37ClN6O5S2. The Kier molecular flexibility index (Phi) is 10.4. The zero-order valence-electron chi connectivity index (χ0n) is 23.9. The van der Waals surface area contributed by atoms with E-state index in [0.29, 0.717) is 48.2 Å². The molecule has 3 saturated heterocycles. The Morgan fingerprint density at radius 3 is 2.44 bits per heavy atom. The summed E-state index contributed by atoms with van der Waals surface area (Å²) in [6, 6.07) is 11.8. The third kappa shape index (κ3) is 8.57. The number of piperazine rings is 1. The molecule has 2 N–H and O–H groups in total. The Balaban J connectivity index is 1.09. The van der Waals surface area contributed by atoms with Gasteiger partial charge in [-0.1, -0.05) is 29.8 Å². The summed E-state index contributed by atoms with van der Waals surface area (Å²) in [4.78, 5) is 47.3. The predicted molar refractivity (Wildman–Crippen MR) is 168 cm³/mol. The van der Waals surface area contributed by atoms with Gasteiger partial charge in [0, 0.05) is 67.8 Å². The van der Waals surface area contributed by atoms with Crippen LogP contribution >= 0.6 is 22.9 Å². The second-order valence-corrected chi connectivity index (χ2v) is 14.4. The minimum atomic E-state index is -3.86. The van der Waals surface area contributed by atoms with Crippen LogP contribution in [0.1, 0.15) is 30.6 Å². The van der Waals surface area contributed by atoms with Crippen LogP contribution in [0.5, 0.6) is 0 Å².